The summed E-state index contributed by atoms with van der Waals surface area (Å²) in [6.07, 6.45) is 2.33. The summed E-state index contributed by atoms with van der Waals surface area (Å²) < 4.78 is 16.0. The Balaban J connectivity index is 0. The van der Waals surface area contributed by atoms with Crippen molar-refractivity contribution in [3.8, 4) is 0 Å². The summed E-state index contributed by atoms with van der Waals surface area (Å²) in [4.78, 5) is 0.481. The number of hydrogen-bond acceptors (Lipinski definition) is 3. The van der Waals surface area contributed by atoms with E-state index in [1.807, 2.05) is 0 Å². The van der Waals surface area contributed by atoms with Crippen molar-refractivity contribution in [3.05, 3.63) is 11.1 Å². The summed E-state index contributed by atoms with van der Waals surface area (Å²) in [6, 6.07) is 0. The van der Waals surface area contributed by atoms with Crippen LogP contribution in [0.2, 0.25) is 0 Å². The van der Waals surface area contributed by atoms with Crippen LogP contribution in [0.5, 0.6) is 0 Å². The molecular formula is C3H6F2N2S. The van der Waals surface area contributed by atoms with Crippen LogP contribution < -0.4 is 5.73 Å². The topological polar surface area (TPSA) is 49.9 Å². The molecule has 0 aliphatic heterocycles. The second kappa shape index (κ2) is 9.65. The lowest BCUT2D eigenvalue weighted by Crippen LogP contribution is -1.80. The number of hydrogen-bond donors (Lipinski definition) is 3. The van der Waals surface area contributed by atoms with Crippen LogP contribution in [0.1, 0.15) is 0 Å². The van der Waals surface area contributed by atoms with Gasteiger partial charge in [0.25, 0.3) is 0 Å². The number of halogens is 2. The highest BCUT2D eigenvalue weighted by atomic mass is 32.1. The number of allylic oxidation sites excluding steroid dienone is 1. The normalized spacial score (nSPS) is 9.12. The minimum atomic E-state index is 0.481. The maximum atomic E-state index is 8.00. The summed E-state index contributed by atoms with van der Waals surface area (Å²) in [6.45, 7) is 0. The third-order valence-corrected chi connectivity index (χ3v) is 0.597. The van der Waals surface area contributed by atoms with Crippen molar-refractivity contribution in [1.29, 1.82) is 5.41 Å². The van der Waals surface area contributed by atoms with Crippen LogP contribution in [-0.4, -0.2) is 6.21 Å². The molecule has 0 spiro atoms. The molecule has 0 aromatic carbocycles. The average molecular weight is 140 g/mol. The van der Waals surface area contributed by atoms with E-state index in [0.29, 0.717) is 4.91 Å². The average Bonchev–Trinajstić information content (AvgIpc) is 1.91. The zero-order chi connectivity index (χ0) is 6.99. The lowest BCUT2D eigenvalue weighted by Gasteiger charge is -1.76. The molecule has 0 unspecified atom stereocenters. The van der Waals surface area contributed by atoms with Gasteiger partial charge in [-0.25, -0.2) is 0 Å². The van der Waals surface area contributed by atoms with E-state index in [1.54, 1.807) is 0 Å². The molecular weight excluding hydrogens is 134 g/mol. The Morgan fingerprint density at radius 2 is 2.00 bits per heavy atom. The summed E-state index contributed by atoms with van der Waals surface area (Å²) in [5, 5.41) is 6.46. The molecule has 0 heterocycles. The van der Waals surface area contributed by atoms with Gasteiger partial charge in [0.2, 0.25) is 0 Å². The smallest absolute Gasteiger partial charge is 0.0372 e. The minimum Gasteiger partial charge on any atom is -0.404 e. The van der Waals surface area contributed by atoms with Gasteiger partial charge in [0.1, 0.15) is 0 Å². The predicted octanol–water partition coefficient (Wildman–Crippen LogP) is 1.21. The fourth-order valence-electron chi connectivity index (χ4n) is 0.0481. The Morgan fingerprint density at radius 1 is 1.62 bits per heavy atom. The van der Waals surface area contributed by atoms with E-state index in [-0.39, 0.29) is 0 Å². The Kier molecular flexibility index (Phi) is 12.6. The maximum absolute atomic E-state index is 8.00. The monoisotopic (exact) mass is 140 g/mol. The maximum Gasteiger partial charge on any atom is 0.0372 e. The van der Waals surface area contributed by atoms with Crippen LogP contribution in [0.3, 0.4) is 0 Å². The van der Waals surface area contributed by atoms with Gasteiger partial charge >= 0.3 is 0 Å². The van der Waals surface area contributed by atoms with E-state index in [0.717, 1.165) is 6.21 Å². The number of nitrogens with one attached hydrogen (secondary N) is 1. The van der Waals surface area contributed by atoms with Gasteiger partial charge in [-0.3, -0.25) is 0 Å². The van der Waals surface area contributed by atoms with E-state index in [1.165, 1.54) is 6.20 Å². The van der Waals surface area contributed by atoms with Crippen LogP contribution in [0.25, 0.3) is 0 Å². The van der Waals surface area contributed by atoms with Crippen molar-refractivity contribution < 1.29 is 9.15 Å². The largest absolute Gasteiger partial charge is 0.404 e. The Hall–Kier alpha value is -0.580. The van der Waals surface area contributed by atoms with Gasteiger partial charge in [-0.15, -0.1) is 12.6 Å². The molecule has 0 aliphatic carbocycles. The first-order valence-corrected chi connectivity index (χ1v) is 2.01. The summed E-state index contributed by atoms with van der Waals surface area (Å²) in [5.41, 5.74) is 4.89. The molecule has 0 amide bonds. The molecule has 0 aliphatic rings. The van der Waals surface area contributed by atoms with Crippen LogP contribution in [-0.2, 0) is 0 Å². The molecule has 5 heteroatoms. The van der Waals surface area contributed by atoms with Crippen molar-refractivity contribution in [3.63, 3.8) is 0 Å². The molecule has 0 saturated heterocycles. The molecule has 0 aromatic rings. The highest BCUT2D eigenvalue weighted by molar-refractivity contribution is 7.85. The third kappa shape index (κ3) is 9.05. The van der Waals surface area contributed by atoms with Crippen molar-refractivity contribution in [1.82, 2.24) is 0 Å². The molecule has 0 aromatic heterocycles. The van der Waals surface area contributed by atoms with Crippen molar-refractivity contribution >= 4 is 18.8 Å². The Bertz CT molecular complexity index is 83.4. The predicted molar refractivity (Wildman–Crippen MR) is 32.3 cm³/mol. The van der Waals surface area contributed by atoms with Crippen molar-refractivity contribution in [2.45, 2.75) is 0 Å². The number of nitrogens with two attached hydrogens (primary N) is 1. The van der Waals surface area contributed by atoms with Gasteiger partial charge in [0.15, 0.2) is 0 Å². The van der Waals surface area contributed by atoms with Gasteiger partial charge in [-0.2, -0.15) is 0 Å². The molecule has 0 atom stereocenters. The van der Waals surface area contributed by atoms with Crippen LogP contribution in [0, 0.1) is 5.41 Å². The van der Waals surface area contributed by atoms with E-state index >= 15 is 0 Å². The number of rotatable bonds is 1. The highest BCUT2D eigenvalue weighted by Gasteiger charge is 1.70. The van der Waals surface area contributed by atoms with Gasteiger partial charge < -0.3 is 11.1 Å². The van der Waals surface area contributed by atoms with Gasteiger partial charge in [0, 0.05) is 26.5 Å². The van der Waals surface area contributed by atoms with Crippen molar-refractivity contribution in [2.75, 3.05) is 0 Å². The molecule has 0 rings (SSSR count). The first-order chi connectivity index (χ1) is 3.81. The molecule has 2 nitrogen and oxygen atoms in total. The summed E-state index contributed by atoms with van der Waals surface area (Å²) in [5.74, 6) is 0. The standard InChI is InChI=1S/C3H6N2S.F2/c4-1-3(6)2-5;1-2/h1-2,4,6H,5H2;/b3-2+,4-1?;. The molecule has 3 N–H and O–H groups in total. The number of thiol groups is 1. The van der Waals surface area contributed by atoms with E-state index < -0.39 is 0 Å². The first-order valence-electron chi connectivity index (χ1n) is 1.57. The second-order valence-corrected chi connectivity index (χ2v) is 1.25. The Morgan fingerprint density at radius 3 is 2.00 bits per heavy atom. The van der Waals surface area contributed by atoms with E-state index in [2.05, 4.69) is 12.6 Å². The fraction of sp³-hybridized carbons (Fsp3) is 0. The molecule has 0 saturated carbocycles. The summed E-state index contributed by atoms with van der Waals surface area (Å²) in [7, 11) is 0. The SMILES string of the molecule is FF.N=C/C(S)=C\N. The van der Waals surface area contributed by atoms with Gasteiger partial charge in [-0.1, -0.05) is 0 Å². The van der Waals surface area contributed by atoms with Crippen LogP contribution >= 0.6 is 12.6 Å². The summed E-state index contributed by atoms with van der Waals surface area (Å²) >= 11 is 3.72. The molecule has 8 heavy (non-hydrogen) atoms. The van der Waals surface area contributed by atoms with E-state index in [4.69, 9.17) is 20.3 Å². The van der Waals surface area contributed by atoms with Crippen molar-refractivity contribution in [2.24, 2.45) is 5.73 Å². The molecule has 0 bridgehead atoms. The van der Waals surface area contributed by atoms with E-state index in [9.17, 15) is 0 Å². The Labute approximate surface area is 51.2 Å². The van der Waals surface area contributed by atoms with Gasteiger partial charge in [-0.05, 0) is 0 Å². The van der Waals surface area contributed by atoms with Gasteiger partial charge in [0.05, 0.1) is 0 Å². The van der Waals surface area contributed by atoms with Crippen LogP contribution in [0.15, 0.2) is 11.1 Å². The fourth-order valence-corrected chi connectivity index (χ4v) is 0.0481. The molecule has 48 valence electrons. The zero-order valence-corrected chi connectivity index (χ0v) is 4.83. The quantitative estimate of drug-likeness (QED) is 0.372. The molecule has 0 radical (unpaired) electrons. The lowest BCUT2D eigenvalue weighted by molar-refractivity contribution is 0.108. The zero-order valence-electron chi connectivity index (χ0n) is 3.94. The first kappa shape index (κ1) is 10.4. The second-order valence-electron chi connectivity index (χ2n) is 0.736. The highest BCUT2D eigenvalue weighted by Crippen LogP contribution is 1.87. The lowest BCUT2D eigenvalue weighted by atomic mass is 10.7. The molecule has 0 fully saturated rings. The third-order valence-electron chi connectivity index (χ3n) is 0.319. The minimum absolute atomic E-state index is 0.481. The van der Waals surface area contributed by atoms with Crippen LogP contribution in [0.4, 0.5) is 9.15 Å².